The van der Waals surface area contributed by atoms with Crippen LogP contribution >= 0.6 is 0 Å². The second kappa shape index (κ2) is 7.14. The van der Waals surface area contributed by atoms with Gasteiger partial charge in [-0.15, -0.1) is 5.47 Å². The van der Waals surface area contributed by atoms with Crippen LogP contribution < -0.4 is 0 Å². The van der Waals surface area contributed by atoms with Crippen molar-refractivity contribution in [1.82, 2.24) is 0 Å². The maximum absolute atomic E-state index is 2.48. The molecule has 0 radical (unpaired) electrons. The van der Waals surface area contributed by atoms with Gasteiger partial charge in [-0.1, -0.05) is 88.6 Å². The van der Waals surface area contributed by atoms with Crippen molar-refractivity contribution in [3.8, 4) is 0 Å². The summed E-state index contributed by atoms with van der Waals surface area (Å²) in [5.74, 6) is 0. The van der Waals surface area contributed by atoms with Crippen LogP contribution in [-0.4, -0.2) is 14.8 Å². The van der Waals surface area contributed by atoms with Gasteiger partial charge >= 0.3 is 0 Å². The van der Waals surface area contributed by atoms with Gasteiger partial charge in [0.2, 0.25) is 0 Å². The van der Waals surface area contributed by atoms with Crippen LogP contribution in [-0.2, 0) is 0 Å². The average molecular weight is 272 g/mol. The first-order valence-corrected chi connectivity index (χ1v) is 11.2. The molecule has 0 spiro atoms. The van der Waals surface area contributed by atoms with Gasteiger partial charge in [0, 0.05) is 0 Å². The van der Waals surface area contributed by atoms with Crippen LogP contribution in [0.2, 0.25) is 32.3 Å². The predicted molar refractivity (Wildman–Crippen MR) is 93.7 cm³/mol. The quantitative estimate of drug-likeness (QED) is 0.574. The summed E-state index contributed by atoms with van der Waals surface area (Å²) in [4.78, 5) is 0. The van der Waals surface area contributed by atoms with E-state index in [9.17, 15) is 0 Å². The highest BCUT2D eigenvalue weighted by molar-refractivity contribution is 6.95. The van der Waals surface area contributed by atoms with E-state index in [1.807, 2.05) is 0 Å². The highest BCUT2D eigenvalue weighted by Crippen LogP contribution is 2.33. The molecule has 0 atom stereocenters. The van der Waals surface area contributed by atoms with E-state index < -0.39 is 8.07 Å². The summed E-state index contributed by atoms with van der Waals surface area (Å²) in [7, 11) is -1.33. The molecule has 0 aromatic heterocycles. The van der Waals surface area contributed by atoms with Gasteiger partial charge in [-0.05, 0) is 12.0 Å². The molecule has 0 aliphatic carbocycles. The van der Waals surface area contributed by atoms with E-state index in [0.29, 0.717) is 0 Å². The molecule has 0 unspecified atom stereocenters. The Morgan fingerprint density at radius 3 is 1.84 bits per heavy atom. The number of allylic oxidation sites excluding steroid dienone is 1. The Morgan fingerprint density at radius 1 is 0.947 bits per heavy atom. The third-order valence-electron chi connectivity index (χ3n) is 3.99. The van der Waals surface area contributed by atoms with Crippen LogP contribution in [0, 0.1) is 0 Å². The minimum Gasteiger partial charge on any atom is -0.102 e. The standard InChI is InChI=1S/C17H29BSi/c1-7-16(18(8-2)9-3)17(19(4,5)6)15-13-11-10-12-14-15/h10-14H,7-9H2,1-6H3/b17-16-. The maximum Gasteiger partial charge on any atom is 0.169 e. The monoisotopic (exact) mass is 272 g/mol. The minimum atomic E-state index is -1.33. The molecule has 0 aliphatic heterocycles. The van der Waals surface area contributed by atoms with Crippen molar-refractivity contribution < 1.29 is 0 Å². The molecule has 0 fully saturated rings. The molecular formula is C17H29BSi. The van der Waals surface area contributed by atoms with Crippen molar-refractivity contribution in [3.05, 3.63) is 41.4 Å². The van der Waals surface area contributed by atoms with E-state index in [-0.39, 0.29) is 0 Å². The zero-order valence-electron chi connectivity index (χ0n) is 13.6. The Kier molecular flexibility index (Phi) is 6.12. The zero-order valence-corrected chi connectivity index (χ0v) is 14.6. The van der Waals surface area contributed by atoms with Crippen molar-refractivity contribution in [2.45, 2.75) is 59.5 Å². The fourth-order valence-corrected chi connectivity index (χ4v) is 5.53. The van der Waals surface area contributed by atoms with E-state index in [0.717, 1.165) is 6.71 Å². The van der Waals surface area contributed by atoms with E-state index in [2.05, 4.69) is 70.7 Å². The number of rotatable bonds is 6. The molecule has 1 aromatic carbocycles. The highest BCUT2D eigenvalue weighted by Gasteiger charge is 2.27. The van der Waals surface area contributed by atoms with Crippen molar-refractivity contribution in [2.24, 2.45) is 0 Å². The van der Waals surface area contributed by atoms with Gasteiger partial charge in [0.1, 0.15) is 0 Å². The normalized spacial score (nSPS) is 13.2. The first-order valence-electron chi connectivity index (χ1n) is 7.74. The first-order chi connectivity index (χ1) is 8.95. The predicted octanol–water partition coefficient (Wildman–Crippen LogP) is 5.80. The third-order valence-corrected chi connectivity index (χ3v) is 6.10. The number of hydrogen-bond acceptors (Lipinski definition) is 0. The van der Waals surface area contributed by atoms with Crippen LogP contribution in [0.25, 0.3) is 5.20 Å². The summed E-state index contributed by atoms with van der Waals surface area (Å²) >= 11 is 0. The van der Waals surface area contributed by atoms with Crippen LogP contribution in [0.3, 0.4) is 0 Å². The SMILES string of the molecule is CCB(CC)/C(CC)=C(/c1ccccc1)[Si](C)(C)C. The smallest absolute Gasteiger partial charge is 0.102 e. The Bertz CT molecular complexity index is 411. The Morgan fingerprint density at radius 2 is 1.47 bits per heavy atom. The lowest BCUT2D eigenvalue weighted by molar-refractivity contribution is 1.16. The lowest BCUT2D eigenvalue weighted by Crippen LogP contribution is -2.28. The summed E-state index contributed by atoms with van der Waals surface area (Å²) in [6, 6.07) is 11.1. The maximum atomic E-state index is 2.48. The van der Waals surface area contributed by atoms with Crippen LogP contribution in [0.4, 0.5) is 0 Å². The Balaban J connectivity index is 3.45. The topological polar surface area (TPSA) is 0 Å². The van der Waals surface area contributed by atoms with Crippen molar-refractivity contribution in [1.29, 1.82) is 0 Å². The molecule has 2 heteroatoms. The molecule has 1 rings (SSSR count). The lowest BCUT2D eigenvalue weighted by atomic mass is 9.40. The van der Waals surface area contributed by atoms with Crippen LogP contribution in [0.5, 0.6) is 0 Å². The highest BCUT2D eigenvalue weighted by atomic mass is 28.3. The molecule has 0 aliphatic rings. The van der Waals surface area contributed by atoms with Crippen molar-refractivity contribution in [2.75, 3.05) is 0 Å². The van der Waals surface area contributed by atoms with Crippen LogP contribution in [0.1, 0.15) is 32.8 Å². The molecular weight excluding hydrogens is 243 g/mol. The van der Waals surface area contributed by atoms with Gasteiger partial charge in [0.25, 0.3) is 0 Å². The van der Waals surface area contributed by atoms with Crippen molar-refractivity contribution in [3.63, 3.8) is 0 Å². The fraction of sp³-hybridized carbons (Fsp3) is 0.529. The lowest BCUT2D eigenvalue weighted by Gasteiger charge is -2.28. The molecule has 104 valence electrons. The van der Waals surface area contributed by atoms with Gasteiger partial charge in [0.05, 0.1) is 8.07 Å². The van der Waals surface area contributed by atoms with E-state index in [4.69, 9.17) is 0 Å². The minimum absolute atomic E-state index is 0.756. The van der Waals surface area contributed by atoms with E-state index in [1.165, 1.54) is 24.6 Å². The molecule has 19 heavy (non-hydrogen) atoms. The molecule has 0 saturated heterocycles. The summed E-state index contributed by atoms with van der Waals surface area (Å²) in [5, 5.41) is 1.70. The molecule has 0 saturated carbocycles. The molecule has 1 aromatic rings. The van der Waals surface area contributed by atoms with Crippen LogP contribution in [0.15, 0.2) is 35.8 Å². The second-order valence-electron chi connectivity index (χ2n) is 6.38. The summed E-state index contributed by atoms with van der Waals surface area (Å²) in [6.45, 7) is 15.2. The molecule has 0 heterocycles. The molecule has 0 N–H and O–H groups in total. The number of benzene rings is 1. The molecule has 0 amide bonds. The van der Waals surface area contributed by atoms with Gasteiger partial charge in [0.15, 0.2) is 6.71 Å². The van der Waals surface area contributed by atoms with Gasteiger partial charge in [-0.2, -0.15) is 0 Å². The summed E-state index contributed by atoms with van der Waals surface area (Å²) in [5.41, 5.74) is 3.18. The first kappa shape index (κ1) is 16.3. The number of hydrogen-bond donors (Lipinski definition) is 0. The van der Waals surface area contributed by atoms with Crippen molar-refractivity contribution >= 4 is 20.0 Å². The Hall–Kier alpha value is -0.758. The van der Waals surface area contributed by atoms with Gasteiger partial charge in [-0.25, -0.2) is 0 Å². The molecule has 0 bridgehead atoms. The zero-order chi connectivity index (χ0) is 14.5. The van der Waals surface area contributed by atoms with E-state index >= 15 is 0 Å². The average Bonchev–Trinajstić information content (AvgIpc) is 2.38. The Labute approximate surface area is 121 Å². The fourth-order valence-electron chi connectivity index (χ4n) is 3.16. The summed E-state index contributed by atoms with van der Waals surface area (Å²) < 4.78 is 0. The third kappa shape index (κ3) is 4.10. The summed E-state index contributed by atoms with van der Waals surface area (Å²) in [6.07, 6.45) is 3.72. The molecule has 0 nitrogen and oxygen atoms in total. The second-order valence-corrected chi connectivity index (χ2v) is 11.4. The largest absolute Gasteiger partial charge is 0.169 e. The van der Waals surface area contributed by atoms with E-state index in [1.54, 1.807) is 10.7 Å². The van der Waals surface area contributed by atoms with Gasteiger partial charge in [-0.3, -0.25) is 0 Å². The van der Waals surface area contributed by atoms with Gasteiger partial charge < -0.3 is 0 Å².